The lowest BCUT2D eigenvalue weighted by Gasteiger charge is -2.40. The maximum absolute atomic E-state index is 13.8. The third-order valence-corrected chi connectivity index (χ3v) is 8.25. The van der Waals surface area contributed by atoms with Gasteiger partial charge in [0.2, 0.25) is 5.91 Å². The Kier molecular flexibility index (Phi) is 6.92. The average molecular weight is 502 g/mol. The van der Waals surface area contributed by atoms with Gasteiger partial charge in [0.1, 0.15) is 18.2 Å². The van der Waals surface area contributed by atoms with Crippen LogP contribution in [0.3, 0.4) is 0 Å². The zero-order valence-electron chi connectivity index (χ0n) is 20.3. The average Bonchev–Trinajstić information content (AvgIpc) is 3.60. The molecule has 4 atom stereocenters. The number of piperidine rings is 1. The second-order valence-electron chi connectivity index (χ2n) is 9.90. The van der Waals surface area contributed by atoms with Crippen LogP contribution < -0.4 is 5.32 Å². The summed E-state index contributed by atoms with van der Waals surface area (Å²) in [5.74, 6) is 2.20. The van der Waals surface area contributed by atoms with Crippen LogP contribution in [0.25, 0.3) is 0 Å². The van der Waals surface area contributed by atoms with E-state index < -0.39 is 0 Å². The smallest absolute Gasteiger partial charge is 0.244 e. The number of carbonyl (C=O) groups excluding carboxylic acids is 1. The molecule has 2 fully saturated rings. The number of thiophene rings is 1. The van der Waals surface area contributed by atoms with E-state index in [-0.39, 0.29) is 23.6 Å². The first-order chi connectivity index (χ1) is 16.9. The summed E-state index contributed by atoms with van der Waals surface area (Å²) < 4.78 is 16.2. The number of fused-ring (bicyclic) bond motifs is 2. The number of halogens is 1. The van der Waals surface area contributed by atoms with E-state index in [2.05, 4.69) is 61.2 Å². The molecule has 0 spiro atoms. The van der Waals surface area contributed by atoms with E-state index in [0.717, 1.165) is 53.7 Å². The van der Waals surface area contributed by atoms with Crippen LogP contribution in [0.2, 0.25) is 0 Å². The van der Waals surface area contributed by atoms with Crippen molar-refractivity contribution in [3.63, 3.8) is 0 Å². The van der Waals surface area contributed by atoms with Crippen LogP contribution in [0, 0.1) is 12.1 Å². The Morgan fingerprint density at radius 3 is 2.60 bits per heavy atom. The van der Waals surface area contributed by atoms with E-state index in [1.807, 2.05) is 0 Å². The van der Waals surface area contributed by atoms with Gasteiger partial charge in [-0.05, 0) is 56.4 Å². The van der Waals surface area contributed by atoms with E-state index in [0.29, 0.717) is 24.0 Å². The lowest BCUT2D eigenvalue weighted by molar-refractivity contribution is -0.122. The van der Waals surface area contributed by atoms with Gasteiger partial charge in [-0.3, -0.25) is 9.69 Å². The minimum atomic E-state index is -0.259. The summed E-state index contributed by atoms with van der Waals surface area (Å²) in [6.45, 7) is 7.23. The zero-order chi connectivity index (χ0) is 24.5. The topological polar surface area (TPSA) is 107 Å². The molecule has 188 valence electrons. The molecule has 1 amide bonds. The van der Waals surface area contributed by atoms with Gasteiger partial charge in [0.15, 0.2) is 11.5 Å². The fourth-order valence-corrected chi connectivity index (χ4v) is 6.58. The van der Waals surface area contributed by atoms with Gasteiger partial charge in [-0.15, -0.1) is 31.7 Å². The molecule has 0 aromatic carbocycles. The highest BCUT2D eigenvalue weighted by Gasteiger charge is 2.42. The Morgan fingerprint density at radius 1 is 1.20 bits per heavy atom. The number of tetrazole rings is 1. The Hall–Kier alpha value is -2.73. The fraction of sp³-hybridized carbons (Fsp3) is 0.652. The van der Waals surface area contributed by atoms with Crippen LogP contribution >= 0.6 is 11.3 Å². The Bertz CT molecular complexity index is 1130. The number of nitrogens with zero attached hydrogens (tertiary/aromatic N) is 8. The van der Waals surface area contributed by atoms with E-state index in [9.17, 15) is 9.18 Å². The molecule has 10 nitrogen and oxygen atoms in total. The molecule has 5 rings (SSSR count). The highest BCUT2D eigenvalue weighted by molar-refractivity contribution is 7.10. The van der Waals surface area contributed by atoms with Gasteiger partial charge in [-0.2, -0.15) is 9.19 Å². The van der Waals surface area contributed by atoms with Crippen molar-refractivity contribution in [3.8, 4) is 0 Å². The molecule has 0 aliphatic carbocycles. The summed E-state index contributed by atoms with van der Waals surface area (Å²) >= 11 is 1.09. The highest BCUT2D eigenvalue weighted by atomic mass is 32.1. The van der Waals surface area contributed by atoms with Crippen LogP contribution in [0.15, 0.2) is 18.5 Å². The number of aromatic nitrogens is 7. The SMILES string of the molecule is Cc1nnc(C(C)C)n1C1C[C@H]2CC[C@@H](C1)N2CC[C@H](NC(=O)Cn1ncnn1)c1ccc(F)s1. The van der Waals surface area contributed by atoms with Crippen molar-refractivity contribution >= 4 is 17.2 Å². The number of amides is 1. The summed E-state index contributed by atoms with van der Waals surface area (Å²) in [6, 6.07) is 4.38. The fourth-order valence-electron chi connectivity index (χ4n) is 5.76. The third-order valence-electron chi connectivity index (χ3n) is 7.26. The minimum absolute atomic E-state index is 0.0164. The monoisotopic (exact) mass is 501 g/mol. The molecule has 12 heteroatoms. The van der Waals surface area contributed by atoms with Crippen molar-refractivity contribution in [1.29, 1.82) is 0 Å². The molecule has 3 aromatic rings. The molecule has 0 radical (unpaired) electrons. The first-order valence-corrected chi connectivity index (χ1v) is 13.1. The third kappa shape index (κ3) is 5.13. The lowest BCUT2D eigenvalue weighted by Crippen LogP contribution is -2.45. The molecule has 3 aromatic heterocycles. The van der Waals surface area contributed by atoms with E-state index >= 15 is 0 Å². The maximum Gasteiger partial charge on any atom is 0.244 e. The van der Waals surface area contributed by atoms with Gasteiger partial charge in [-0.25, -0.2) is 0 Å². The second-order valence-corrected chi connectivity index (χ2v) is 11.0. The summed E-state index contributed by atoms with van der Waals surface area (Å²) in [5, 5.41) is 22.9. The Morgan fingerprint density at radius 2 is 1.97 bits per heavy atom. The second kappa shape index (κ2) is 10.1. The van der Waals surface area contributed by atoms with Crippen molar-refractivity contribution in [1.82, 2.24) is 45.2 Å². The molecule has 2 aliphatic rings. The molecule has 35 heavy (non-hydrogen) atoms. The molecular formula is C23H32FN9OS. The number of hydrogen-bond donors (Lipinski definition) is 1. The van der Waals surface area contributed by atoms with Crippen molar-refractivity contribution in [2.75, 3.05) is 6.54 Å². The number of carbonyl (C=O) groups is 1. The van der Waals surface area contributed by atoms with Gasteiger partial charge in [-0.1, -0.05) is 13.8 Å². The van der Waals surface area contributed by atoms with Gasteiger partial charge in [0.05, 0.1) is 6.04 Å². The molecule has 0 saturated carbocycles. The van der Waals surface area contributed by atoms with Crippen molar-refractivity contribution in [2.24, 2.45) is 0 Å². The first kappa shape index (κ1) is 24.0. The van der Waals surface area contributed by atoms with Crippen LogP contribution in [0.4, 0.5) is 4.39 Å². The number of nitrogens with one attached hydrogen (secondary N) is 1. The van der Waals surface area contributed by atoms with Crippen LogP contribution in [-0.4, -0.2) is 64.4 Å². The maximum atomic E-state index is 13.8. The largest absolute Gasteiger partial charge is 0.347 e. The van der Waals surface area contributed by atoms with Gasteiger partial charge in [0, 0.05) is 35.5 Å². The number of aryl methyl sites for hydroxylation is 1. The quantitative estimate of drug-likeness (QED) is 0.480. The summed E-state index contributed by atoms with van der Waals surface area (Å²) in [7, 11) is 0. The van der Waals surface area contributed by atoms with Crippen LogP contribution in [0.5, 0.6) is 0 Å². The van der Waals surface area contributed by atoms with Crippen molar-refractivity contribution < 1.29 is 9.18 Å². The molecule has 1 unspecified atom stereocenters. The summed E-state index contributed by atoms with van der Waals surface area (Å²) in [6.07, 6.45) is 6.54. The van der Waals surface area contributed by atoms with Gasteiger partial charge < -0.3 is 9.88 Å². The lowest BCUT2D eigenvalue weighted by atomic mass is 9.95. The standard InChI is InChI=1S/C23H32FN9OS/c1-14(2)23-29-28-15(3)33(23)18-10-16-4-5-17(11-18)31(16)9-8-19(20-6-7-21(24)35-20)27-22(34)12-32-26-13-25-30-32/h6-7,13-14,16-19H,4-5,8-12H2,1-3H3,(H,27,34)/t16-,17+,18?,19-/m0/s1. The zero-order valence-corrected chi connectivity index (χ0v) is 21.2. The predicted octanol–water partition coefficient (Wildman–Crippen LogP) is 3.01. The first-order valence-electron chi connectivity index (χ1n) is 12.3. The van der Waals surface area contributed by atoms with Crippen LogP contribution in [0.1, 0.15) is 80.5 Å². The normalized spacial score (nSPS) is 23.2. The van der Waals surface area contributed by atoms with E-state index in [1.54, 1.807) is 6.07 Å². The van der Waals surface area contributed by atoms with Gasteiger partial charge >= 0.3 is 0 Å². The van der Waals surface area contributed by atoms with Crippen LogP contribution in [-0.2, 0) is 11.3 Å². The Labute approximate surface area is 207 Å². The van der Waals surface area contributed by atoms with E-state index in [1.165, 1.54) is 30.0 Å². The van der Waals surface area contributed by atoms with Gasteiger partial charge in [0.25, 0.3) is 0 Å². The number of hydrogen-bond acceptors (Lipinski definition) is 8. The van der Waals surface area contributed by atoms with Crippen molar-refractivity contribution in [3.05, 3.63) is 40.1 Å². The molecule has 2 saturated heterocycles. The molecule has 1 N–H and O–H groups in total. The summed E-state index contributed by atoms with van der Waals surface area (Å²) in [5.41, 5.74) is 0. The van der Waals surface area contributed by atoms with E-state index in [4.69, 9.17) is 0 Å². The molecule has 5 heterocycles. The highest BCUT2D eigenvalue weighted by Crippen LogP contribution is 2.42. The minimum Gasteiger partial charge on any atom is -0.347 e. The van der Waals surface area contributed by atoms with Crippen molar-refractivity contribution in [2.45, 2.75) is 89.5 Å². The predicted molar refractivity (Wildman–Crippen MR) is 128 cm³/mol. The Balaban J connectivity index is 1.25. The summed E-state index contributed by atoms with van der Waals surface area (Å²) in [4.78, 5) is 17.3. The molecular weight excluding hydrogens is 469 g/mol. The number of rotatable bonds is 9. The molecule has 2 aliphatic heterocycles. The molecule has 2 bridgehead atoms.